The van der Waals surface area contributed by atoms with Crippen molar-refractivity contribution in [3.05, 3.63) is 27.2 Å². The van der Waals surface area contributed by atoms with E-state index in [1.807, 2.05) is 0 Å². The Hall–Kier alpha value is -0.500. The van der Waals surface area contributed by atoms with Gasteiger partial charge in [0.1, 0.15) is 5.75 Å². The molecule has 0 saturated heterocycles. The lowest BCUT2D eigenvalue weighted by Gasteiger charge is -2.15. The van der Waals surface area contributed by atoms with E-state index in [1.54, 1.807) is 0 Å². The minimum Gasteiger partial charge on any atom is -0.405 e. The van der Waals surface area contributed by atoms with E-state index in [-0.39, 0.29) is 15.1 Å². The van der Waals surface area contributed by atoms with Crippen molar-refractivity contribution >= 4 is 27.5 Å². The molecule has 96 valence electrons. The lowest BCUT2D eigenvalue weighted by atomic mass is 10.2. The van der Waals surface area contributed by atoms with Crippen molar-refractivity contribution in [2.45, 2.75) is 12.7 Å². The first kappa shape index (κ1) is 14.6. The van der Waals surface area contributed by atoms with E-state index in [4.69, 9.17) is 11.6 Å². The molecule has 0 amide bonds. The number of aliphatic hydroxyl groups excluding tert-OH is 1. The van der Waals surface area contributed by atoms with Crippen LogP contribution in [0.4, 0.5) is 13.2 Å². The summed E-state index contributed by atoms with van der Waals surface area (Å²) in [5.74, 6) is -0.506. The Kier molecular flexibility index (Phi) is 4.65. The first-order chi connectivity index (χ1) is 7.74. The Morgan fingerprint density at radius 2 is 2.00 bits per heavy atom. The molecule has 0 radical (unpaired) electrons. The largest absolute Gasteiger partial charge is 0.573 e. The van der Waals surface area contributed by atoms with Gasteiger partial charge in [0.2, 0.25) is 0 Å². The molecule has 0 aromatic heterocycles. The molecule has 0 fully saturated rings. The highest BCUT2D eigenvalue weighted by Gasteiger charge is 2.32. The molecule has 1 N–H and O–H groups in total. The molecule has 1 atom stereocenters. The van der Waals surface area contributed by atoms with Gasteiger partial charge in [-0.25, -0.2) is 0 Å². The number of rotatable bonds is 3. The van der Waals surface area contributed by atoms with Crippen LogP contribution in [0.15, 0.2) is 16.6 Å². The van der Waals surface area contributed by atoms with Crippen LogP contribution < -0.4 is 4.74 Å². The number of hydrogen-bond acceptors (Lipinski definition) is 3. The van der Waals surface area contributed by atoms with E-state index in [0.717, 1.165) is 6.07 Å². The third kappa shape index (κ3) is 4.02. The summed E-state index contributed by atoms with van der Waals surface area (Å²) in [5, 5.41) is 9.42. The molecule has 0 saturated carbocycles. The second-order valence-electron chi connectivity index (χ2n) is 2.94. The summed E-state index contributed by atoms with van der Waals surface area (Å²) in [6, 6.07) is 2.13. The van der Waals surface area contributed by atoms with Crippen LogP contribution in [0.2, 0.25) is 5.02 Å². The van der Waals surface area contributed by atoms with Gasteiger partial charge in [-0.05, 0) is 28.1 Å². The van der Waals surface area contributed by atoms with E-state index in [0.29, 0.717) is 0 Å². The van der Waals surface area contributed by atoms with Gasteiger partial charge in [0.15, 0.2) is 6.29 Å². The van der Waals surface area contributed by atoms with Crippen molar-refractivity contribution in [2.24, 2.45) is 0 Å². The third-order valence-corrected chi connectivity index (χ3v) is 2.71. The fraction of sp³-hybridized carbons (Fsp3) is 0.333. The van der Waals surface area contributed by atoms with Crippen molar-refractivity contribution in [3.63, 3.8) is 0 Å². The molecule has 1 rings (SSSR count). The van der Waals surface area contributed by atoms with Crippen LogP contribution in [0.5, 0.6) is 5.75 Å². The zero-order valence-electron chi connectivity index (χ0n) is 8.39. The molecule has 8 heteroatoms. The topological polar surface area (TPSA) is 38.7 Å². The molecular formula is C9H7BrClF3O3. The van der Waals surface area contributed by atoms with Crippen molar-refractivity contribution in [1.82, 2.24) is 0 Å². The zero-order valence-corrected chi connectivity index (χ0v) is 10.7. The molecule has 0 aliphatic heterocycles. The van der Waals surface area contributed by atoms with Gasteiger partial charge in [-0.15, -0.1) is 13.2 Å². The maximum Gasteiger partial charge on any atom is 0.573 e. The van der Waals surface area contributed by atoms with E-state index in [9.17, 15) is 18.3 Å². The molecule has 1 unspecified atom stereocenters. The van der Waals surface area contributed by atoms with Gasteiger partial charge in [0, 0.05) is 12.7 Å². The Balaban J connectivity index is 3.15. The van der Waals surface area contributed by atoms with Crippen LogP contribution in [0.3, 0.4) is 0 Å². The van der Waals surface area contributed by atoms with E-state index in [2.05, 4.69) is 25.4 Å². The summed E-state index contributed by atoms with van der Waals surface area (Å²) in [6.07, 6.45) is -6.25. The number of alkyl halides is 3. The summed E-state index contributed by atoms with van der Waals surface area (Å²) < 4.78 is 44.5. The number of halogens is 5. The summed E-state index contributed by atoms with van der Waals surface area (Å²) in [7, 11) is 1.19. The average Bonchev–Trinajstić information content (AvgIpc) is 2.19. The quantitative estimate of drug-likeness (QED) is 0.857. The Labute approximate surface area is 108 Å². The minimum atomic E-state index is -4.83. The number of ether oxygens (including phenoxy) is 2. The zero-order chi connectivity index (χ0) is 13.2. The lowest BCUT2D eigenvalue weighted by molar-refractivity contribution is -0.275. The smallest absolute Gasteiger partial charge is 0.405 e. The van der Waals surface area contributed by atoms with Crippen molar-refractivity contribution < 1.29 is 27.8 Å². The summed E-state index contributed by atoms with van der Waals surface area (Å²) in [6.45, 7) is 0. The van der Waals surface area contributed by atoms with E-state index >= 15 is 0 Å². The number of hydrogen-bond donors (Lipinski definition) is 1. The van der Waals surface area contributed by atoms with E-state index in [1.165, 1.54) is 13.2 Å². The fourth-order valence-corrected chi connectivity index (χ4v) is 1.88. The van der Waals surface area contributed by atoms with Crippen LogP contribution in [-0.4, -0.2) is 18.6 Å². The maximum absolute atomic E-state index is 12.1. The molecule has 3 nitrogen and oxygen atoms in total. The van der Waals surface area contributed by atoms with Crippen LogP contribution in [-0.2, 0) is 4.74 Å². The van der Waals surface area contributed by atoms with Crippen LogP contribution in [0.1, 0.15) is 11.9 Å². The van der Waals surface area contributed by atoms with Crippen LogP contribution >= 0.6 is 27.5 Å². The minimum absolute atomic E-state index is 0.0170. The summed E-state index contributed by atoms with van der Waals surface area (Å²) >= 11 is 8.61. The first-order valence-electron chi connectivity index (χ1n) is 4.20. The highest BCUT2D eigenvalue weighted by Crippen LogP contribution is 2.37. The van der Waals surface area contributed by atoms with Crippen molar-refractivity contribution in [2.75, 3.05) is 7.11 Å². The normalized spacial score (nSPS) is 13.6. The molecule has 0 aliphatic rings. The molecule has 0 aliphatic carbocycles. The maximum atomic E-state index is 12.1. The van der Waals surface area contributed by atoms with Gasteiger partial charge in [-0.1, -0.05) is 11.6 Å². The number of benzene rings is 1. The Morgan fingerprint density at radius 3 is 2.47 bits per heavy atom. The summed E-state index contributed by atoms with van der Waals surface area (Å²) in [5.41, 5.74) is -0.0170. The molecule has 0 spiro atoms. The SMILES string of the molecule is COC(O)c1cc(OC(F)(F)F)c(Br)cc1Cl. The average molecular weight is 336 g/mol. The van der Waals surface area contributed by atoms with Crippen LogP contribution in [0, 0.1) is 0 Å². The van der Waals surface area contributed by atoms with Crippen molar-refractivity contribution in [3.8, 4) is 5.75 Å². The van der Waals surface area contributed by atoms with Gasteiger partial charge in [0.25, 0.3) is 0 Å². The predicted octanol–water partition coefficient (Wildman–Crippen LogP) is 3.64. The van der Waals surface area contributed by atoms with Crippen molar-refractivity contribution in [1.29, 1.82) is 0 Å². The summed E-state index contributed by atoms with van der Waals surface area (Å²) in [4.78, 5) is 0. The van der Waals surface area contributed by atoms with Gasteiger partial charge in [-0.3, -0.25) is 0 Å². The fourth-order valence-electron chi connectivity index (χ4n) is 1.06. The molecule has 1 aromatic rings. The van der Waals surface area contributed by atoms with Crippen LogP contribution in [0.25, 0.3) is 0 Å². The Morgan fingerprint density at radius 1 is 1.41 bits per heavy atom. The number of aliphatic hydroxyl groups is 1. The molecule has 0 heterocycles. The molecule has 17 heavy (non-hydrogen) atoms. The number of methoxy groups -OCH3 is 1. The second-order valence-corrected chi connectivity index (χ2v) is 4.20. The first-order valence-corrected chi connectivity index (χ1v) is 5.37. The lowest BCUT2D eigenvalue weighted by Crippen LogP contribution is -2.17. The van der Waals surface area contributed by atoms with Gasteiger partial charge >= 0.3 is 6.36 Å². The predicted molar refractivity (Wildman–Crippen MR) is 57.8 cm³/mol. The highest BCUT2D eigenvalue weighted by molar-refractivity contribution is 9.10. The standard InChI is InChI=1S/C9H7BrClF3O3/c1-16-8(15)4-2-7(17-9(12,13)14)5(10)3-6(4)11/h2-3,8,15H,1H3. The second kappa shape index (κ2) is 5.43. The van der Waals surface area contributed by atoms with Gasteiger partial charge < -0.3 is 14.6 Å². The third-order valence-electron chi connectivity index (χ3n) is 1.77. The molecule has 0 bridgehead atoms. The Bertz CT molecular complexity index is 411. The highest BCUT2D eigenvalue weighted by atomic mass is 79.9. The van der Waals surface area contributed by atoms with Gasteiger partial charge in [-0.2, -0.15) is 0 Å². The van der Waals surface area contributed by atoms with Gasteiger partial charge in [0.05, 0.1) is 9.50 Å². The van der Waals surface area contributed by atoms with E-state index < -0.39 is 18.4 Å². The molecular weight excluding hydrogens is 328 g/mol. The molecule has 1 aromatic carbocycles. The monoisotopic (exact) mass is 334 g/mol.